The van der Waals surface area contributed by atoms with Gasteiger partial charge >= 0.3 is 6.09 Å². The van der Waals surface area contributed by atoms with Gasteiger partial charge in [-0.2, -0.15) is 0 Å². The summed E-state index contributed by atoms with van der Waals surface area (Å²) in [6.45, 7) is 10.1. The van der Waals surface area contributed by atoms with Gasteiger partial charge in [-0.3, -0.25) is 4.90 Å². The Kier molecular flexibility index (Phi) is 6.09. The fourth-order valence-corrected chi connectivity index (χ4v) is 2.09. The monoisotopic (exact) mass is 293 g/mol. The Morgan fingerprint density at radius 2 is 2.20 bits per heavy atom. The quantitative estimate of drug-likeness (QED) is 0.784. The van der Waals surface area contributed by atoms with Crippen molar-refractivity contribution in [1.29, 1.82) is 0 Å². The fraction of sp³-hybridized carbons (Fsp3) is 0.562. The van der Waals surface area contributed by atoms with Gasteiger partial charge in [-0.15, -0.1) is 11.3 Å². The first-order valence-corrected chi connectivity index (χ1v) is 7.73. The van der Waals surface area contributed by atoms with Crippen LogP contribution in [0, 0.1) is 11.8 Å². The second-order valence-electron chi connectivity index (χ2n) is 5.64. The van der Waals surface area contributed by atoms with E-state index in [0.29, 0.717) is 6.54 Å². The van der Waals surface area contributed by atoms with Crippen molar-refractivity contribution in [1.82, 2.24) is 4.90 Å². The van der Waals surface area contributed by atoms with Crippen molar-refractivity contribution in [3.05, 3.63) is 22.4 Å². The summed E-state index contributed by atoms with van der Waals surface area (Å²) in [4.78, 5) is 14.9. The predicted octanol–water partition coefficient (Wildman–Crippen LogP) is 4.14. The van der Waals surface area contributed by atoms with E-state index in [4.69, 9.17) is 4.74 Å². The zero-order valence-corrected chi connectivity index (χ0v) is 13.7. The normalized spacial score (nSPS) is 12.2. The average molecular weight is 293 g/mol. The van der Waals surface area contributed by atoms with Crippen molar-refractivity contribution < 1.29 is 9.53 Å². The second kappa shape index (κ2) is 7.35. The molecule has 0 aromatic carbocycles. The molecular weight excluding hydrogens is 270 g/mol. The molecule has 1 unspecified atom stereocenters. The van der Waals surface area contributed by atoms with Crippen LogP contribution >= 0.6 is 11.3 Å². The molecule has 20 heavy (non-hydrogen) atoms. The first-order valence-electron chi connectivity index (χ1n) is 6.85. The third-order valence-corrected chi connectivity index (χ3v) is 3.52. The molecule has 3 nitrogen and oxygen atoms in total. The van der Waals surface area contributed by atoms with Crippen LogP contribution in [-0.4, -0.2) is 29.2 Å². The summed E-state index contributed by atoms with van der Waals surface area (Å²) in [6, 6.07) is 4.05. The summed E-state index contributed by atoms with van der Waals surface area (Å²) >= 11 is 1.60. The van der Waals surface area contributed by atoms with Gasteiger partial charge in [0, 0.05) is 6.04 Å². The minimum atomic E-state index is -0.482. The van der Waals surface area contributed by atoms with E-state index in [1.165, 1.54) is 0 Å². The zero-order chi connectivity index (χ0) is 15.2. The molecule has 0 bridgehead atoms. The van der Waals surface area contributed by atoms with Crippen LogP contribution in [0.3, 0.4) is 0 Å². The average Bonchev–Trinajstić information content (AvgIpc) is 2.84. The number of hydrogen-bond acceptors (Lipinski definition) is 3. The van der Waals surface area contributed by atoms with Crippen LogP contribution in [0.25, 0.3) is 0 Å². The Labute approximate surface area is 125 Å². The van der Waals surface area contributed by atoms with E-state index >= 15 is 0 Å². The van der Waals surface area contributed by atoms with Crippen LogP contribution in [-0.2, 0) is 4.74 Å². The molecule has 1 amide bonds. The van der Waals surface area contributed by atoms with E-state index in [1.807, 2.05) is 45.2 Å². The Hall–Kier alpha value is -1.47. The highest BCUT2D eigenvalue weighted by Gasteiger charge is 2.24. The second-order valence-corrected chi connectivity index (χ2v) is 6.59. The molecule has 0 spiro atoms. The predicted molar refractivity (Wildman–Crippen MR) is 83.9 cm³/mol. The van der Waals surface area contributed by atoms with Gasteiger partial charge in [-0.25, -0.2) is 4.79 Å². The van der Waals surface area contributed by atoms with Gasteiger partial charge in [-0.1, -0.05) is 24.8 Å². The van der Waals surface area contributed by atoms with Crippen molar-refractivity contribution in [3.8, 4) is 11.8 Å². The first kappa shape index (κ1) is 16.6. The molecule has 0 N–H and O–H groups in total. The maximum atomic E-state index is 12.2. The highest BCUT2D eigenvalue weighted by Crippen LogP contribution is 2.13. The smallest absolute Gasteiger partial charge is 0.411 e. The van der Waals surface area contributed by atoms with Crippen molar-refractivity contribution in [2.24, 2.45) is 0 Å². The molecule has 0 radical (unpaired) electrons. The van der Waals surface area contributed by atoms with Crippen molar-refractivity contribution in [2.45, 2.75) is 52.7 Å². The summed E-state index contributed by atoms with van der Waals surface area (Å²) < 4.78 is 5.43. The van der Waals surface area contributed by atoms with E-state index in [0.717, 1.165) is 11.3 Å². The van der Waals surface area contributed by atoms with E-state index < -0.39 is 5.60 Å². The van der Waals surface area contributed by atoms with Crippen molar-refractivity contribution in [3.63, 3.8) is 0 Å². The zero-order valence-electron chi connectivity index (χ0n) is 12.9. The third kappa shape index (κ3) is 5.66. The van der Waals surface area contributed by atoms with Gasteiger partial charge in [0.2, 0.25) is 0 Å². The van der Waals surface area contributed by atoms with E-state index in [9.17, 15) is 4.79 Å². The summed E-state index contributed by atoms with van der Waals surface area (Å²) in [5.74, 6) is 6.13. The first-order chi connectivity index (χ1) is 9.33. The summed E-state index contributed by atoms with van der Waals surface area (Å²) in [7, 11) is 0. The number of thiophene rings is 1. The van der Waals surface area contributed by atoms with E-state index in [-0.39, 0.29) is 12.1 Å². The Bertz CT molecular complexity index is 477. The lowest BCUT2D eigenvalue weighted by atomic mass is 10.2. The lowest BCUT2D eigenvalue weighted by Gasteiger charge is -2.29. The summed E-state index contributed by atoms with van der Waals surface area (Å²) in [6.07, 6.45) is 0.576. The molecule has 4 heteroatoms. The minimum Gasteiger partial charge on any atom is -0.444 e. The molecular formula is C16H23NO2S. The molecule has 1 atom stereocenters. The summed E-state index contributed by atoms with van der Waals surface area (Å²) in [5.41, 5.74) is -0.482. The van der Waals surface area contributed by atoms with E-state index in [1.54, 1.807) is 16.2 Å². The molecule has 0 aliphatic carbocycles. The van der Waals surface area contributed by atoms with Gasteiger partial charge in [0.05, 0.1) is 11.4 Å². The Morgan fingerprint density at radius 1 is 1.50 bits per heavy atom. The number of rotatable bonds is 3. The van der Waals surface area contributed by atoms with Crippen LogP contribution in [0.2, 0.25) is 0 Å². The molecule has 1 rings (SSSR count). The Morgan fingerprint density at radius 3 is 2.70 bits per heavy atom. The number of nitrogens with zero attached hydrogens (tertiary/aromatic N) is 1. The largest absolute Gasteiger partial charge is 0.444 e. The molecule has 1 aromatic heterocycles. The highest BCUT2D eigenvalue weighted by atomic mass is 32.1. The van der Waals surface area contributed by atoms with Crippen molar-refractivity contribution >= 4 is 17.4 Å². The van der Waals surface area contributed by atoms with Gasteiger partial charge in [-0.05, 0) is 45.6 Å². The SMILES string of the molecule is CCC(C)N(CC#Cc1cccs1)C(=O)OC(C)(C)C. The molecule has 110 valence electrons. The molecule has 1 heterocycles. The molecule has 0 fully saturated rings. The number of carbonyl (C=O) groups excluding carboxylic acids is 1. The van der Waals surface area contributed by atoms with Crippen LogP contribution in [0.15, 0.2) is 17.5 Å². The van der Waals surface area contributed by atoms with Crippen molar-refractivity contribution in [2.75, 3.05) is 6.54 Å². The molecule has 0 saturated heterocycles. The van der Waals surface area contributed by atoms with Crippen LogP contribution < -0.4 is 0 Å². The standard InChI is InChI=1S/C16H23NO2S/c1-6-13(2)17(15(18)19-16(3,4)5)11-7-9-14-10-8-12-20-14/h8,10,12-13H,6,11H2,1-5H3. The van der Waals surface area contributed by atoms with Gasteiger partial charge < -0.3 is 4.74 Å². The maximum Gasteiger partial charge on any atom is 0.411 e. The maximum absolute atomic E-state index is 12.2. The summed E-state index contributed by atoms with van der Waals surface area (Å²) in [5, 5.41) is 1.99. The minimum absolute atomic E-state index is 0.113. The number of ether oxygens (including phenoxy) is 1. The van der Waals surface area contributed by atoms with Gasteiger partial charge in [0.15, 0.2) is 0 Å². The third-order valence-electron chi connectivity index (χ3n) is 2.73. The van der Waals surface area contributed by atoms with Crippen LogP contribution in [0.5, 0.6) is 0 Å². The lowest BCUT2D eigenvalue weighted by molar-refractivity contribution is 0.0204. The Balaban J connectivity index is 2.72. The number of amides is 1. The number of hydrogen-bond donors (Lipinski definition) is 0. The van der Waals surface area contributed by atoms with E-state index in [2.05, 4.69) is 18.8 Å². The fourth-order valence-electron chi connectivity index (χ4n) is 1.50. The van der Waals surface area contributed by atoms with Crippen LogP contribution in [0.1, 0.15) is 45.9 Å². The topological polar surface area (TPSA) is 29.5 Å². The molecule has 1 aromatic rings. The molecule has 0 saturated carbocycles. The molecule has 0 aliphatic rings. The van der Waals surface area contributed by atoms with Gasteiger partial charge in [0.1, 0.15) is 5.60 Å². The highest BCUT2D eigenvalue weighted by molar-refractivity contribution is 7.10. The molecule has 0 aliphatic heterocycles. The lowest BCUT2D eigenvalue weighted by Crippen LogP contribution is -2.42. The van der Waals surface area contributed by atoms with Gasteiger partial charge in [0.25, 0.3) is 0 Å². The van der Waals surface area contributed by atoms with Crippen LogP contribution in [0.4, 0.5) is 4.79 Å². The number of carbonyl (C=O) groups is 1.